The number of anilines is 3. The summed E-state index contributed by atoms with van der Waals surface area (Å²) in [5.41, 5.74) is 5.71. The van der Waals surface area contributed by atoms with E-state index in [9.17, 15) is 14.4 Å². The number of pyridine rings is 3. The van der Waals surface area contributed by atoms with E-state index < -0.39 is 29.4 Å². The summed E-state index contributed by atoms with van der Waals surface area (Å²) in [6.07, 6.45) is 7.92. The number of carbonyl (C=O) groups is 3. The molecule has 0 spiro atoms. The summed E-state index contributed by atoms with van der Waals surface area (Å²) in [6, 6.07) is 8.29. The first-order chi connectivity index (χ1) is 17.7. The molecule has 0 aliphatic heterocycles. The third-order valence-electron chi connectivity index (χ3n) is 3.72. The first-order valence-electron chi connectivity index (χ1n) is 11.4. The van der Waals surface area contributed by atoms with Crippen LogP contribution in [-0.4, -0.2) is 49.4 Å². The Morgan fingerprint density at radius 1 is 0.737 bits per heavy atom. The van der Waals surface area contributed by atoms with Crippen molar-refractivity contribution in [1.29, 1.82) is 0 Å². The van der Waals surface area contributed by atoms with Gasteiger partial charge in [-0.2, -0.15) is 0 Å². The molecule has 5 N–H and O–H groups in total. The van der Waals surface area contributed by atoms with Gasteiger partial charge in [0.05, 0.1) is 5.69 Å². The molecule has 38 heavy (non-hydrogen) atoms. The van der Waals surface area contributed by atoms with E-state index in [1.54, 1.807) is 69.8 Å². The van der Waals surface area contributed by atoms with Crippen LogP contribution < -0.4 is 16.4 Å². The largest absolute Gasteiger partial charge is 0.478 e. The summed E-state index contributed by atoms with van der Waals surface area (Å²) in [7, 11) is 0. The predicted octanol–water partition coefficient (Wildman–Crippen LogP) is 5.22. The number of carboxylic acids is 1. The molecule has 0 aliphatic rings. The molecule has 0 aromatic carbocycles. The van der Waals surface area contributed by atoms with Crippen LogP contribution in [0.5, 0.6) is 0 Å². The molecule has 0 aliphatic carbocycles. The molecule has 0 unspecified atom stereocenters. The van der Waals surface area contributed by atoms with Gasteiger partial charge in [0.15, 0.2) is 0 Å². The van der Waals surface area contributed by atoms with E-state index in [0.717, 1.165) is 11.9 Å². The maximum absolute atomic E-state index is 11.5. The van der Waals surface area contributed by atoms with Crippen molar-refractivity contribution in [2.24, 2.45) is 0 Å². The van der Waals surface area contributed by atoms with E-state index in [1.807, 2.05) is 20.8 Å². The number of nitrogens with two attached hydrogens (primary N) is 1. The molecule has 3 aromatic rings. The number of aromatic carboxylic acids is 1. The second-order valence-corrected chi connectivity index (χ2v) is 9.50. The van der Waals surface area contributed by atoms with E-state index in [4.69, 9.17) is 20.3 Å². The summed E-state index contributed by atoms with van der Waals surface area (Å²) < 4.78 is 10.1. The van der Waals surface area contributed by atoms with Gasteiger partial charge >= 0.3 is 18.2 Å². The van der Waals surface area contributed by atoms with Gasteiger partial charge in [0, 0.05) is 48.6 Å². The number of nitrogen functional groups attached to an aromatic ring is 1. The number of hydrogen-bond donors (Lipinski definition) is 4. The van der Waals surface area contributed by atoms with Gasteiger partial charge < -0.3 is 20.3 Å². The smallest absolute Gasteiger partial charge is 0.412 e. The highest BCUT2D eigenvalue weighted by molar-refractivity contribution is 5.98. The van der Waals surface area contributed by atoms with Crippen LogP contribution in [0.25, 0.3) is 0 Å². The van der Waals surface area contributed by atoms with Crippen molar-refractivity contribution in [1.82, 2.24) is 15.0 Å². The molecule has 3 aromatic heterocycles. The Labute approximate surface area is 221 Å². The van der Waals surface area contributed by atoms with Crippen molar-refractivity contribution in [2.45, 2.75) is 52.7 Å². The fourth-order valence-corrected chi connectivity index (χ4v) is 2.31. The maximum Gasteiger partial charge on any atom is 0.412 e. The number of carbonyl (C=O) groups excluding carboxylic acids is 2. The highest BCUT2D eigenvalue weighted by Crippen LogP contribution is 2.15. The van der Waals surface area contributed by atoms with Crippen molar-refractivity contribution < 1.29 is 29.0 Å². The van der Waals surface area contributed by atoms with Gasteiger partial charge in [-0.25, -0.2) is 14.4 Å². The van der Waals surface area contributed by atoms with Crippen LogP contribution in [0.1, 0.15) is 51.9 Å². The Morgan fingerprint density at radius 3 is 1.61 bits per heavy atom. The maximum atomic E-state index is 11.5. The van der Waals surface area contributed by atoms with E-state index in [-0.39, 0.29) is 11.3 Å². The standard InChI is InChI=1S/C11H14N2O4.C10H14N2O2.C5H6N2/c1-11(2,3)17-10(16)13-8-4-5-12-6-7(8)9(14)15;1-10(2,3)14-9(13)12-8-4-6-11-7-5-8;6-5-1-3-7-4-2-5/h4-6H,1-3H3,(H,14,15)(H,12,13,16);4-7H,1-3H3,(H,11,12,13);1-4H,(H2,6,7). The SMILES string of the molecule is CC(C)(C)OC(=O)Nc1ccncc1.CC(C)(C)OC(=O)Nc1ccncc1C(=O)O.Nc1ccncc1. The fraction of sp³-hybridized carbons (Fsp3) is 0.308. The number of amides is 2. The molecule has 0 atom stereocenters. The summed E-state index contributed by atoms with van der Waals surface area (Å²) in [4.78, 5) is 44.9. The van der Waals surface area contributed by atoms with E-state index >= 15 is 0 Å². The first kappa shape index (κ1) is 31.3. The van der Waals surface area contributed by atoms with Crippen LogP contribution >= 0.6 is 0 Å². The summed E-state index contributed by atoms with van der Waals surface area (Å²) in [5.74, 6) is -1.16. The van der Waals surface area contributed by atoms with E-state index in [2.05, 4.69) is 25.6 Å². The van der Waals surface area contributed by atoms with Gasteiger partial charge in [0.2, 0.25) is 0 Å². The summed E-state index contributed by atoms with van der Waals surface area (Å²) in [6.45, 7) is 10.6. The molecule has 12 nitrogen and oxygen atoms in total. The predicted molar refractivity (Wildman–Crippen MR) is 144 cm³/mol. The molecule has 3 rings (SSSR count). The number of carboxylic acid groups (broad SMARTS) is 1. The Balaban J connectivity index is 0.000000308. The Bertz CT molecular complexity index is 1160. The highest BCUT2D eigenvalue weighted by Gasteiger charge is 2.18. The number of nitrogens with zero attached hydrogens (tertiary/aromatic N) is 3. The van der Waals surface area contributed by atoms with Crippen molar-refractivity contribution in [2.75, 3.05) is 16.4 Å². The van der Waals surface area contributed by atoms with E-state index in [0.29, 0.717) is 5.69 Å². The minimum Gasteiger partial charge on any atom is -0.478 e. The third-order valence-corrected chi connectivity index (χ3v) is 3.72. The fourth-order valence-electron chi connectivity index (χ4n) is 2.31. The summed E-state index contributed by atoms with van der Waals surface area (Å²) in [5, 5.41) is 13.8. The highest BCUT2D eigenvalue weighted by atomic mass is 16.6. The molecule has 2 amide bonds. The van der Waals surface area contributed by atoms with Gasteiger partial charge in [-0.1, -0.05) is 0 Å². The number of hydrogen-bond acceptors (Lipinski definition) is 9. The molecule has 0 fully saturated rings. The zero-order valence-corrected chi connectivity index (χ0v) is 22.3. The third kappa shape index (κ3) is 14.6. The van der Waals surface area contributed by atoms with Gasteiger partial charge in [-0.15, -0.1) is 0 Å². The average molecular weight is 527 g/mol. The van der Waals surface area contributed by atoms with Gasteiger partial charge in [-0.05, 0) is 71.9 Å². The molecule has 12 heteroatoms. The van der Waals surface area contributed by atoms with Crippen molar-refractivity contribution >= 4 is 35.2 Å². The number of nitrogens with one attached hydrogen (secondary N) is 2. The minimum atomic E-state index is -1.16. The molecule has 0 bridgehead atoms. The van der Waals surface area contributed by atoms with Crippen LogP contribution in [0.4, 0.5) is 26.7 Å². The van der Waals surface area contributed by atoms with E-state index in [1.165, 1.54) is 12.3 Å². The number of ether oxygens (including phenoxy) is 2. The summed E-state index contributed by atoms with van der Waals surface area (Å²) >= 11 is 0. The lowest BCUT2D eigenvalue weighted by atomic mass is 10.2. The molecule has 0 radical (unpaired) electrons. The quantitative estimate of drug-likeness (QED) is 0.353. The lowest BCUT2D eigenvalue weighted by Crippen LogP contribution is -2.27. The van der Waals surface area contributed by atoms with Crippen LogP contribution in [0.15, 0.2) is 67.5 Å². The van der Waals surface area contributed by atoms with Gasteiger partial charge in [0.1, 0.15) is 16.8 Å². The Morgan fingerprint density at radius 2 is 1.18 bits per heavy atom. The number of rotatable bonds is 3. The van der Waals surface area contributed by atoms with Crippen LogP contribution in [0, 0.1) is 0 Å². The molecule has 204 valence electrons. The molecular formula is C26H34N6O6. The van der Waals surface area contributed by atoms with Crippen LogP contribution in [0.3, 0.4) is 0 Å². The second-order valence-electron chi connectivity index (χ2n) is 9.50. The normalized spacial score (nSPS) is 10.4. The van der Waals surface area contributed by atoms with Crippen LogP contribution in [-0.2, 0) is 9.47 Å². The molecule has 0 saturated carbocycles. The van der Waals surface area contributed by atoms with Crippen molar-refractivity contribution in [3.05, 3.63) is 73.1 Å². The lowest BCUT2D eigenvalue weighted by molar-refractivity contribution is 0.0623. The zero-order chi connectivity index (χ0) is 28.8. The Hall–Kier alpha value is -4.74. The van der Waals surface area contributed by atoms with Gasteiger partial charge in [-0.3, -0.25) is 25.6 Å². The molecular weight excluding hydrogens is 492 g/mol. The lowest BCUT2D eigenvalue weighted by Gasteiger charge is -2.20. The van der Waals surface area contributed by atoms with Crippen molar-refractivity contribution in [3.63, 3.8) is 0 Å². The Kier molecular flexibility index (Phi) is 12.1. The number of aromatic nitrogens is 3. The average Bonchev–Trinajstić information content (AvgIpc) is 2.79. The monoisotopic (exact) mass is 526 g/mol. The van der Waals surface area contributed by atoms with Crippen LogP contribution in [0.2, 0.25) is 0 Å². The molecule has 3 heterocycles. The first-order valence-corrected chi connectivity index (χ1v) is 11.4. The van der Waals surface area contributed by atoms with Gasteiger partial charge in [0.25, 0.3) is 0 Å². The minimum absolute atomic E-state index is 0.0849. The topological polar surface area (TPSA) is 179 Å². The second kappa shape index (κ2) is 14.7. The molecule has 0 saturated heterocycles. The zero-order valence-electron chi connectivity index (χ0n) is 22.3. The van der Waals surface area contributed by atoms with Crippen molar-refractivity contribution in [3.8, 4) is 0 Å².